The van der Waals surface area contributed by atoms with E-state index < -0.39 is 0 Å². The van der Waals surface area contributed by atoms with Gasteiger partial charge in [-0.2, -0.15) is 0 Å². The summed E-state index contributed by atoms with van der Waals surface area (Å²) in [5.74, 6) is 1.02. The van der Waals surface area contributed by atoms with Crippen molar-refractivity contribution in [3.8, 4) is 0 Å². The summed E-state index contributed by atoms with van der Waals surface area (Å²) in [6.07, 6.45) is 3.69. The Labute approximate surface area is 135 Å². The number of ether oxygens (including phenoxy) is 1. The SMILES string of the molecule is Cc1ccc2nc3n(c2c1)[C@@H](CNCc1cccnc1)COC3. The van der Waals surface area contributed by atoms with E-state index in [0.29, 0.717) is 13.2 Å². The fourth-order valence-electron chi connectivity index (χ4n) is 3.16. The van der Waals surface area contributed by atoms with Crippen LogP contribution in [-0.4, -0.2) is 27.7 Å². The lowest BCUT2D eigenvalue weighted by Crippen LogP contribution is -2.32. The predicted molar refractivity (Wildman–Crippen MR) is 89.1 cm³/mol. The van der Waals surface area contributed by atoms with Crippen LogP contribution in [0.3, 0.4) is 0 Å². The maximum atomic E-state index is 5.74. The van der Waals surface area contributed by atoms with Crippen LogP contribution < -0.4 is 5.32 Å². The number of nitrogens with one attached hydrogen (secondary N) is 1. The number of benzene rings is 1. The van der Waals surface area contributed by atoms with Gasteiger partial charge >= 0.3 is 0 Å². The van der Waals surface area contributed by atoms with Crippen molar-refractivity contribution in [1.29, 1.82) is 0 Å². The zero-order valence-corrected chi connectivity index (χ0v) is 13.2. The summed E-state index contributed by atoms with van der Waals surface area (Å²) in [7, 11) is 0. The number of pyridine rings is 1. The number of nitrogens with zero attached hydrogens (tertiary/aromatic N) is 3. The van der Waals surface area contributed by atoms with Crippen LogP contribution >= 0.6 is 0 Å². The molecule has 0 saturated carbocycles. The third kappa shape index (κ3) is 2.85. The first-order valence-electron chi connectivity index (χ1n) is 7.96. The van der Waals surface area contributed by atoms with Gasteiger partial charge in [0.1, 0.15) is 12.4 Å². The fourth-order valence-corrected chi connectivity index (χ4v) is 3.16. The number of rotatable bonds is 4. The van der Waals surface area contributed by atoms with Crippen LogP contribution in [0.5, 0.6) is 0 Å². The van der Waals surface area contributed by atoms with Crippen LogP contribution in [0.1, 0.15) is 23.0 Å². The smallest absolute Gasteiger partial charge is 0.136 e. The molecule has 1 atom stereocenters. The monoisotopic (exact) mass is 308 g/mol. The molecule has 3 aromatic rings. The van der Waals surface area contributed by atoms with E-state index in [0.717, 1.165) is 24.4 Å². The van der Waals surface area contributed by atoms with Gasteiger partial charge in [-0.3, -0.25) is 4.98 Å². The molecule has 118 valence electrons. The first-order chi connectivity index (χ1) is 11.3. The Morgan fingerprint density at radius 3 is 3.17 bits per heavy atom. The van der Waals surface area contributed by atoms with Crippen molar-refractivity contribution < 1.29 is 4.74 Å². The molecule has 1 N–H and O–H groups in total. The van der Waals surface area contributed by atoms with Gasteiger partial charge in [0.25, 0.3) is 0 Å². The third-order valence-corrected chi connectivity index (χ3v) is 4.26. The van der Waals surface area contributed by atoms with E-state index in [2.05, 4.69) is 46.1 Å². The highest BCUT2D eigenvalue weighted by Crippen LogP contribution is 2.26. The summed E-state index contributed by atoms with van der Waals surface area (Å²) < 4.78 is 8.07. The van der Waals surface area contributed by atoms with Gasteiger partial charge in [-0.25, -0.2) is 4.98 Å². The molecule has 0 unspecified atom stereocenters. The van der Waals surface area contributed by atoms with Crippen LogP contribution in [0.2, 0.25) is 0 Å². The molecule has 0 spiro atoms. The van der Waals surface area contributed by atoms with Gasteiger partial charge in [0.05, 0.1) is 23.7 Å². The van der Waals surface area contributed by atoms with Crippen LogP contribution in [0, 0.1) is 6.92 Å². The molecule has 0 saturated heterocycles. The molecule has 2 aromatic heterocycles. The normalized spacial score (nSPS) is 17.3. The summed E-state index contributed by atoms with van der Waals surface area (Å²) in [5.41, 5.74) is 4.70. The second kappa shape index (κ2) is 6.10. The highest BCUT2D eigenvalue weighted by atomic mass is 16.5. The molecular formula is C18H20N4O. The minimum atomic E-state index is 0.266. The highest BCUT2D eigenvalue weighted by Gasteiger charge is 2.23. The third-order valence-electron chi connectivity index (χ3n) is 4.26. The first-order valence-corrected chi connectivity index (χ1v) is 7.96. The average Bonchev–Trinajstić information content (AvgIpc) is 2.94. The summed E-state index contributed by atoms with van der Waals surface area (Å²) in [5, 5.41) is 3.51. The standard InChI is InChI=1S/C18H20N4O/c1-13-4-5-16-17(7-13)22-15(11-23-12-18(22)21-16)10-20-9-14-3-2-6-19-8-14/h2-8,15,20H,9-12H2,1H3/t15-/m0/s1. The largest absolute Gasteiger partial charge is 0.371 e. The number of aromatic nitrogens is 3. The van der Waals surface area contributed by atoms with E-state index in [1.54, 1.807) is 6.20 Å². The van der Waals surface area contributed by atoms with E-state index >= 15 is 0 Å². The lowest BCUT2D eigenvalue weighted by Gasteiger charge is -2.26. The van der Waals surface area contributed by atoms with Crippen molar-refractivity contribution in [2.45, 2.75) is 26.1 Å². The second-order valence-electron chi connectivity index (χ2n) is 6.05. The molecule has 3 heterocycles. The van der Waals surface area contributed by atoms with Gasteiger partial charge < -0.3 is 14.6 Å². The molecule has 5 heteroatoms. The van der Waals surface area contributed by atoms with Crippen molar-refractivity contribution >= 4 is 11.0 Å². The average molecular weight is 308 g/mol. The van der Waals surface area contributed by atoms with Gasteiger partial charge in [-0.15, -0.1) is 0 Å². The maximum Gasteiger partial charge on any atom is 0.136 e. The van der Waals surface area contributed by atoms with Gasteiger partial charge in [-0.1, -0.05) is 12.1 Å². The first kappa shape index (κ1) is 14.4. The summed E-state index contributed by atoms with van der Waals surface area (Å²) in [6.45, 7) is 5.08. The topological polar surface area (TPSA) is 52.0 Å². The van der Waals surface area contributed by atoms with Gasteiger partial charge in [0, 0.05) is 25.5 Å². The van der Waals surface area contributed by atoms with E-state index in [-0.39, 0.29) is 6.04 Å². The molecule has 1 aliphatic rings. The molecular weight excluding hydrogens is 288 g/mol. The Kier molecular flexibility index (Phi) is 3.81. The fraction of sp³-hybridized carbons (Fsp3) is 0.333. The number of hydrogen-bond acceptors (Lipinski definition) is 4. The van der Waals surface area contributed by atoms with Gasteiger partial charge in [0.15, 0.2) is 0 Å². The Hall–Kier alpha value is -2.24. The van der Waals surface area contributed by atoms with Crippen LogP contribution in [-0.2, 0) is 17.9 Å². The van der Waals surface area contributed by atoms with Crippen molar-refractivity contribution in [3.63, 3.8) is 0 Å². The van der Waals surface area contributed by atoms with E-state index in [1.165, 1.54) is 16.6 Å². The number of aryl methyl sites for hydroxylation is 1. The van der Waals surface area contributed by atoms with Gasteiger partial charge in [-0.05, 0) is 36.2 Å². The quantitative estimate of drug-likeness (QED) is 0.805. The molecule has 0 fully saturated rings. The second-order valence-corrected chi connectivity index (χ2v) is 6.05. The lowest BCUT2D eigenvalue weighted by atomic mass is 10.2. The zero-order valence-electron chi connectivity index (χ0n) is 13.2. The molecule has 1 aromatic carbocycles. The summed E-state index contributed by atoms with van der Waals surface area (Å²) >= 11 is 0. The van der Waals surface area contributed by atoms with E-state index in [1.807, 2.05) is 12.3 Å². The van der Waals surface area contributed by atoms with E-state index in [4.69, 9.17) is 9.72 Å². The molecule has 0 amide bonds. The number of imidazole rings is 1. The zero-order chi connectivity index (χ0) is 15.6. The summed E-state index contributed by atoms with van der Waals surface area (Å²) in [6, 6.07) is 10.7. The minimum absolute atomic E-state index is 0.266. The Bertz CT molecular complexity index is 813. The Balaban J connectivity index is 1.55. The molecule has 0 radical (unpaired) electrons. The number of fused-ring (bicyclic) bond motifs is 3. The van der Waals surface area contributed by atoms with Crippen LogP contribution in [0.4, 0.5) is 0 Å². The van der Waals surface area contributed by atoms with Crippen molar-refractivity contribution in [3.05, 3.63) is 59.7 Å². The van der Waals surface area contributed by atoms with Crippen molar-refractivity contribution in [2.75, 3.05) is 13.2 Å². The maximum absolute atomic E-state index is 5.74. The molecule has 0 aliphatic carbocycles. The summed E-state index contributed by atoms with van der Waals surface area (Å²) in [4.78, 5) is 8.86. The number of hydrogen-bond donors (Lipinski definition) is 1. The lowest BCUT2D eigenvalue weighted by molar-refractivity contribution is 0.0564. The Morgan fingerprint density at radius 2 is 2.30 bits per heavy atom. The molecule has 5 nitrogen and oxygen atoms in total. The van der Waals surface area contributed by atoms with Crippen molar-refractivity contribution in [1.82, 2.24) is 19.9 Å². The van der Waals surface area contributed by atoms with Crippen LogP contribution in [0.15, 0.2) is 42.7 Å². The minimum Gasteiger partial charge on any atom is -0.371 e. The Morgan fingerprint density at radius 1 is 1.35 bits per heavy atom. The predicted octanol–water partition coefficient (Wildman–Crippen LogP) is 2.60. The van der Waals surface area contributed by atoms with Crippen molar-refractivity contribution in [2.24, 2.45) is 0 Å². The van der Waals surface area contributed by atoms with Gasteiger partial charge in [0.2, 0.25) is 0 Å². The molecule has 4 rings (SSSR count). The molecule has 1 aliphatic heterocycles. The van der Waals surface area contributed by atoms with E-state index in [9.17, 15) is 0 Å². The molecule has 0 bridgehead atoms. The molecule has 23 heavy (non-hydrogen) atoms. The highest BCUT2D eigenvalue weighted by molar-refractivity contribution is 5.77. The van der Waals surface area contributed by atoms with Crippen LogP contribution in [0.25, 0.3) is 11.0 Å².